The standard InChI is InChI=1S/C63H40N2/c1-2-15-41(16-3-1)42-29-33-45(34-30-42)60-40-61(65-62(64-60)46-35-31-44(32-36-46)49-25-14-18-43-17-4-5-19-48(43)49)47-37-38-55-51-21-7-6-20-50(51)52-22-8-11-26-56(52)63(59(55)39-47)57-27-12-9-23-53(57)54-24-10-13-28-58(54)63/h1-40H. The number of nitrogens with zero attached hydrogens (tertiary/aromatic N) is 2. The molecule has 1 heterocycles. The Morgan fingerprint density at radius 2 is 0.677 bits per heavy atom. The van der Waals surface area contributed by atoms with Gasteiger partial charge in [0.15, 0.2) is 5.82 Å². The van der Waals surface area contributed by atoms with Crippen LogP contribution in [0, 0.1) is 0 Å². The molecule has 13 rings (SSSR count). The Kier molecular flexibility index (Phi) is 8.47. The third kappa shape index (κ3) is 5.81. The van der Waals surface area contributed by atoms with Gasteiger partial charge in [-0.25, -0.2) is 9.97 Å². The molecule has 0 saturated carbocycles. The van der Waals surface area contributed by atoms with E-state index in [0.717, 1.165) is 33.6 Å². The maximum Gasteiger partial charge on any atom is 0.160 e. The van der Waals surface area contributed by atoms with Crippen molar-refractivity contribution in [3.63, 3.8) is 0 Å². The van der Waals surface area contributed by atoms with Crippen LogP contribution in [-0.4, -0.2) is 9.97 Å². The van der Waals surface area contributed by atoms with Crippen molar-refractivity contribution < 1.29 is 0 Å². The van der Waals surface area contributed by atoms with Crippen LogP contribution in [0.15, 0.2) is 243 Å². The lowest BCUT2D eigenvalue weighted by atomic mass is 9.65. The fourth-order valence-corrected chi connectivity index (χ4v) is 10.8. The van der Waals surface area contributed by atoms with Gasteiger partial charge in [-0.15, -0.1) is 0 Å². The molecule has 65 heavy (non-hydrogen) atoms. The second kappa shape index (κ2) is 14.8. The van der Waals surface area contributed by atoms with E-state index in [0.29, 0.717) is 5.82 Å². The van der Waals surface area contributed by atoms with Gasteiger partial charge < -0.3 is 0 Å². The Balaban J connectivity index is 1.04. The van der Waals surface area contributed by atoms with Crippen molar-refractivity contribution in [3.05, 3.63) is 265 Å². The summed E-state index contributed by atoms with van der Waals surface area (Å²) < 4.78 is 0. The molecule has 2 nitrogen and oxygen atoms in total. The van der Waals surface area contributed by atoms with Gasteiger partial charge in [-0.05, 0) is 101 Å². The lowest BCUT2D eigenvalue weighted by Crippen LogP contribution is -2.29. The molecule has 11 aromatic rings. The highest BCUT2D eigenvalue weighted by Gasteiger charge is 2.49. The molecule has 1 aromatic heterocycles. The fourth-order valence-electron chi connectivity index (χ4n) is 10.8. The summed E-state index contributed by atoms with van der Waals surface area (Å²) in [5.74, 6) is 0.686. The molecule has 0 radical (unpaired) electrons. The maximum absolute atomic E-state index is 5.47. The zero-order valence-corrected chi connectivity index (χ0v) is 35.5. The van der Waals surface area contributed by atoms with Crippen molar-refractivity contribution in [2.24, 2.45) is 0 Å². The average molecular weight is 825 g/mol. The Labute approximate surface area is 378 Å². The summed E-state index contributed by atoms with van der Waals surface area (Å²) in [5, 5.41) is 2.47. The van der Waals surface area contributed by atoms with Gasteiger partial charge >= 0.3 is 0 Å². The molecule has 0 unspecified atom stereocenters. The molecule has 0 amide bonds. The SMILES string of the molecule is c1ccc(-c2ccc(-c3cc(-c4ccc5c(c4)C4(c6ccccc6-c6ccccc6-5)c5ccccc5-c5ccccc54)nc(-c4ccc(-c5cccc6ccccc56)cc4)n3)cc2)cc1. The summed E-state index contributed by atoms with van der Waals surface area (Å²) in [7, 11) is 0. The Morgan fingerprint density at radius 1 is 0.246 bits per heavy atom. The van der Waals surface area contributed by atoms with Crippen molar-refractivity contribution in [1.82, 2.24) is 9.97 Å². The van der Waals surface area contributed by atoms with Crippen LogP contribution < -0.4 is 0 Å². The number of rotatable bonds is 5. The zero-order valence-electron chi connectivity index (χ0n) is 35.5. The number of fused-ring (bicyclic) bond motifs is 13. The third-order valence-electron chi connectivity index (χ3n) is 13.8. The first-order valence-corrected chi connectivity index (χ1v) is 22.4. The van der Waals surface area contributed by atoms with Crippen LogP contribution in [0.3, 0.4) is 0 Å². The van der Waals surface area contributed by atoms with Crippen LogP contribution in [-0.2, 0) is 5.41 Å². The molecule has 302 valence electrons. The summed E-state index contributed by atoms with van der Waals surface area (Å²) in [5.41, 5.74) is 21.6. The van der Waals surface area contributed by atoms with Crippen LogP contribution >= 0.6 is 0 Å². The molecule has 10 aromatic carbocycles. The van der Waals surface area contributed by atoms with E-state index in [1.54, 1.807) is 0 Å². The molecular formula is C63H40N2. The van der Waals surface area contributed by atoms with Gasteiger partial charge in [0.1, 0.15) is 0 Å². The Morgan fingerprint density at radius 3 is 1.34 bits per heavy atom. The highest BCUT2D eigenvalue weighted by Crippen LogP contribution is 2.61. The normalized spacial score (nSPS) is 12.7. The van der Waals surface area contributed by atoms with Gasteiger partial charge in [-0.3, -0.25) is 0 Å². The topological polar surface area (TPSA) is 25.8 Å². The minimum absolute atomic E-state index is 0.586. The smallest absolute Gasteiger partial charge is 0.160 e. The second-order valence-electron chi connectivity index (χ2n) is 17.2. The summed E-state index contributed by atoms with van der Waals surface area (Å²) in [6.07, 6.45) is 0. The van der Waals surface area contributed by atoms with E-state index < -0.39 is 5.41 Å². The van der Waals surface area contributed by atoms with Gasteiger partial charge in [0.25, 0.3) is 0 Å². The predicted molar refractivity (Wildman–Crippen MR) is 268 cm³/mol. The van der Waals surface area contributed by atoms with E-state index in [2.05, 4.69) is 243 Å². The van der Waals surface area contributed by atoms with Crippen molar-refractivity contribution in [2.75, 3.05) is 0 Å². The first-order chi connectivity index (χ1) is 32.2. The van der Waals surface area contributed by atoms with Crippen LogP contribution in [0.2, 0.25) is 0 Å². The average Bonchev–Trinajstić information content (AvgIpc) is 3.63. The van der Waals surface area contributed by atoms with Gasteiger partial charge in [-0.1, -0.05) is 231 Å². The maximum atomic E-state index is 5.47. The van der Waals surface area contributed by atoms with Crippen LogP contribution in [0.4, 0.5) is 0 Å². The van der Waals surface area contributed by atoms with Gasteiger partial charge in [0.05, 0.1) is 16.8 Å². The molecular weight excluding hydrogens is 785 g/mol. The van der Waals surface area contributed by atoms with E-state index in [4.69, 9.17) is 9.97 Å². The van der Waals surface area contributed by atoms with E-state index in [1.807, 2.05) is 0 Å². The predicted octanol–water partition coefficient (Wildman–Crippen LogP) is 16.0. The molecule has 0 saturated heterocycles. The van der Waals surface area contributed by atoms with E-state index in [9.17, 15) is 0 Å². The largest absolute Gasteiger partial charge is 0.228 e. The minimum atomic E-state index is -0.586. The molecule has 2 heteroatoms. The first kappa shape index (κ1) is 37.1. The Bertz CT molecular complexity index is 3590. The van der Waals surface area contributed by atoms with Crippen molar-refractivity contribution in [3.8, 4) is 89.5 Å². The van der Waals surface area contributed by atoms with Gasteiger partial charge in [0.2, 0.25) is 0 Å². The number of benzene rings is 10. The first-order valence-electron chi connectivity index (χ1n) is 22.4. The molecule has 0 atom stereocenters. The highest BCUT2D eigenvalue weighted by molar-refractivity contribution is 5.99. The van der Waals surface area contributed by atoms with Crippen LogP contribution in [0.1, 0.15) is 22.3 Å². The Hall–Kier alpha value is -8.46. The number of aromatic nitrogens is 2. The molecule has 0 aliphatic heterocycles. The molecule has 2 aliphatic rings. The molecule has 2 aliphatic carbocycles. The highest BCUT2D eigenvalue weighted by atomic mass is 14.9. The number of hydrogen-bond acceptors (Lipinski definition) is 2. The van der Waals surface area contributed by atoms with Gasteiger partial charge in [0, 0.05) is 16.7 Å². The summed E-state index contributed by atoms with van der Waals surface area (Å²) in [4.78, 5) is 10.8. The minimum Gasteiger partial charge on any atom is -0.228 e. The van der Waals surface area contributed by atoms with Crippen LogP contribution in [0.25, 0.3) is 100 Å². The van der Waals surface area contributed by atoms with E-state index >= 15 is 0 Å². The number of hydrogen-bond donors (Lipinski definition) is 0. The quantitative estimate of drug-likeness (QED) is 0.173. The summed E-state index contributed by atoms with van der Waals surface area (Å²) in [6.45, 7) is 0. The molecule has 0 bridgehead atoms. The monoisotopic (exact) mass is 824 g/mol. The fraction of sp³-hybridized carbons (Fsp3) is 0.0159. The molecule has 0 fully saturated rings. The summed E-state index contributed by atoms with van der Waals surface area (Å²) in [6, 6.07) is 88.4. The lowest BCUT2D eigenvalue weighted by Gasteiger charge is -2.35. The van der Waals surface area contributed by atoms with Crippen molar-refractivity contribution in [2.45, 2.75) is 5.41 Å². The molecule has 1 spiro atoms. The second-order valence-corrected chi connectivity index (χ2v) is 17.2. The lowest BCUT2D eigenvalue weighted by molar-refractivity contribution is 0.775. The summed E-state index contributed by atoms with van der Waals surface area (Å²) >= 11 is 0. The van der Waals surface area contributed by atoms with Crippen molar-refractivity contribution >= 4 is 10.8 Å². The van der Waals surface area contributed by atoms with E-state index in [-0.39, 0.29) is 0 Å². The van der Waals surface area contributed by atoms with Crippen LogP contribution in [0.5, 0.6) is 0 Å². The third-order valence-corrected chi connectivity index (χ3v) is 13.8. The van der Waals surface area contributed by atoms with E-state index in [1.165, 1.54) is 83.1 Å². The van der Waals surface area contributed by atoms with Gasteiger partial charge in [-0.2, -0.15) is 0 Å². The zero-order chi connectivity index (χ0) is 42.9. The van der Waals surface area contributed by atoms with Crippen molar-refractivity contribution in [1.29, 1.82) is 0 Å². The molecule has 0 N–H and O–H groups in total.